The molecule has 0 saturated heterocycles. The van der Waals surface area contributed by atoms with Crippen LogP contribution in [0.25, 0.3) is 0 Å². The summed E-state index contributed by atoms with van der Waals surface area (Å²) in [6.07, 6.45) is 5.62. The van der Waals surface area contributed by atoms with Crippen molar-refractivity contribution in [2.45, 2.75) is 65.0 Å². The number of fused-ring (bicyclic) bond motifs is 1. The molecular formula is C22H36IN3O4. The van der Waals surface area contributed by atoms with Gasteiger partial charge >= 0.3 is 5.97 Å². The van der Waals surface area contributed by atoms with Crippen LogP contribution in [0, 0.1) is 0 Å². The van der Waals surface area contributed by atoms with Gasteiger partial charge in [0, 0.05) is 44.1 Å². The van der Waals surface area contributed by atoms with E-state index in [1.165, 1.54) is 12.7 Å². The molecule has 0 saturated carbocycles. The number of benzene rings is 1. The molecule has 2 N–H and O–H groups in total. The average Bonchev–Trinajstić information content (AvgIpc) is 3.08. The Hall–Kier alpha value is -1.71. The molecule has 1 aliphatic rings. The summed E-state index contributed by atoms with van der Waals surface area (Å²) < 4.78 is 16.4. The Bertz CT molecular complexity index is 697. The minimum absolute atomic E-state index is 0. The van der Waals surface area contributed by atoms with Crippen molar-refractivity contribution in [3.05, 3.63) is 23.3 Å². The van der Waals surface area contributed by atoms with Gasteiger partial charge in [-0.1, -0.05) is 12.8 Å². The van der Waals surface area contributed by atoms with Crippen LogP contribution in [-0.4, -0.2) is 45.3 Å². The van der Waals surface area contributed by atoms with Crippen LogP contribution < -0.4 is 20.1 Å². The molecule has 1 aliphatic heterocycles. The number of carbonyl (C=O) groups excluding carboxylic acids is 1. The van der Waals surface area contributed by atoms with Crippen LogP contribution in [0.4, 0.5) is 0 Å². The molecule has 0 aromatic heterocycles. The van der Waals surface area contributed by atoms with Crippen LogP contribution in [0.1, 0.15) is 57.1 Å². The molecule has 1 unspecified atom stereocenters. The Balaban J connectivity index is 0.00000450. The predicted molar refractivity (Wildman–Crippen MR) is 130 cm³/mol. The normalized spacial score (nSPS) is 14.9. The van der Waals surface area contributed by atoms with Crippen molar-refractivity contribution in [1.29, 1.82) is 0 Å². The van der Waals surface area contributed by atoms with E-state index in [0.717, 1.165) is 61.7 Å². The van der Waals surface area contributed by atoms with Crippen LogP contribution in [0.2, 0.25) is 0 Å². The number of nitrogens with zero attached hydrogens (tertiary/aromatic N) is 1. The van der Waals surface area contributed by atoms with E-state index in [1.54, 1.807) is 7.05 Å². The first kappa shape index (κ1) is 26.3. The average molecular weight is 533 g/mol. The highest BCUT2D eigenvalue weighted by atomic mass is 127. The first-order chi connectivity index (χ1) is 14.1. The summed E-state index contributed by atoms with van der Waals surface area (Å²) in [5.74, 6) is 2.48. The van der Waals surface area contributed by atoms with Crippen LogP contribution in [0.15, 0.2) is 17.1 Å². The van der Waals surface area contributed by atoms with Crippen LogP contribution in [0.5, 0.6) is 11.5 Å². The summed E-state index contributed by atoms with van der Waals surface area (Å²) in [5.41, 5.74) is 2.27. The second kappa shape index (κ2) is 14.3. The summed E-state index contributed by atoms with van der Waals surface area (Å²) in [6.45, 7) is 6.15. The van der Waals surface area contributed by atoms with E-state index < -0.39 is 0 Å². The molecular weight excluding hydrogens is 497 g/mol. The van der Waals surface area contributed by atoms with Gasteiger partial charge in [0.1, 0.15) is 17.6 Å². The molecule has 8 heteroatoms. The van der Waals surface area contributed by atoms with Gasteiger partial charge < -0.3 is 24.8 Å². The van der Waals surface area contributed by atoms with E-state index in [9.17, 15) is 4.79 Å². The number of hydrogen-bond donors (Lipinski definition) is 2. The number of carbonyl (C=O) groups is 1. The van der Waals surface area contributed by atoms with Gasteiger partial charge in [-0.2, -0.15) is 0 Å². The number of unbranched alkanes of at least 4 members (excludes halogenated alkanes) is 3. The zero-order valence-electron chi connectivity index (χ0n) is 18.6. The van der Waals surface area contributed by atoms with Crippen LogP contribution in [0.3, 0.4) is 0 Å². The second-order valence-electron chi connectivity index (χ2n) is 7.23. The van der Waals surface area contributed by atoms with E-state index in [-0.39, 0.29) is 36.0 Å². The molecule has 0 spiro atoms. The molecule has 2 rings (SSSR count). The van der Waals surface area contributed by atoms with Gasteiger partial charge in [0.25, 0.3) is 0 Å². The molecule has 7 nitrogen and oxygen atoms in total. The first-order valence-electron chi connectivity index (χ1n) is 10.5. The van der Waals surface area contributed by atoms with Crippen molar-refractivity contribution in [2.75, 3.05) is 27.3 Å². The number of ether oxygens (including phenoxy) is 3. The van der Waals surface area contributed by atoms with E-state index in [4.69, 9.17) is 9.47 Å². The lowest BCUT2D eigenvalue weighted by atomic mass is 10.1. The third kappa shape index (κ3) is 8.57. The third-order valence-corrected chi connectivity index (χ3v) is 4.88. The van der Waals surface area contributed by atoms with Gasteiger partial charge in [0.2, 0.25) is 0 Å². The lowest BCUT2D eigenvalue weighted by Gasteiger charge is -2.15. The Morgan fingerprint density at radius 1 is 1.23 bits per heavy atom. The summed E-state index contributed by atoms with van der Waals surface area (Å²) >= 11 is 0. The number of guanidine groups is 1. The molecule has 0 aliphatic carbocycles. The quantitative estimate of drug-likeness (QED) is 0.148. The number of rotatable bonds is 11. The van der Waals surface area contributed by atoms with Gasteiger partial charge in [0.05, 0.1) is 13.7 Å². The highest BCUT2D eigenvalue weighted by Gasteiger charge is 2.21. The van der Waals surface area contributed by atoms with Crippen molar-refractivity contribution >= 4 is 35.9 Å². The smallest absolute Gasteiger partial charge is 0.305 e. The maximum atomic E-state index is 11.1. The van der Waals surface area contributed by atoms with Gasteiger partial charge in [-0.15, -0.1) is 24.0 Å². The second-order valence-corrected chi connectivity index (χ2v) is 7.23. The molecule has 1 aromatic carbocycles. The highest BCUT2D eigenvalue weighted by Crippen LogP contribution is 2.35. The molecule has 0 fully saturated rings. The van der Waals surface area contributed by atoms with Crippen molar-refractivity contribution in [3.8, 4) is 11.5 Å². The fraction of sp³-hybridized carbons (Fsp3) is 0.636. The van der Waals surface area contributed by atoms with E-state index in [1.807, 2.05) is 6.92 Å². The minimum atomic E-state index is -0.134. The fourth-order valence-electron chi connectivity index (χ4n) is 3.37. The van der Waals surface area contributed by atoms with Crippen molar-refractivity contribution < 1.29 is 19.0 Å². The van der Waals surface area contributed by atoms with Crippen molar-refractivity contribution in [1.82, 2.24) is 10.6 Å². The maximum absolute atomic E-state index is 11.1. The summed E-state index contributed by atoms with van der Waals surface area (Å²) in [7, 11) is 3.20. The number of methoxy groups -OCH3 is 1. The number of nitrogens with one attached hydrogen (secondary N) is 2. The molecule has 0 amide bonds. The Morgan fingerprint density at radius 2 is 2.00 bits per heavy atom. The van der Waals surface area contributed by atoms with Gasteiger partial charge in [-0.05, 0) is 38.8 Å². The third-order valence-electron chi connectivity index (χ3n) is 4.88. The summed E-state index contributed by atoms with van der Waals surface area (Å²) in [6, 6.07) is 4.18. The number of aliphatic imine (C=N–C) groups is 1. The topological polar surface area (TPSA) is 81.2 Å². The molecule has 170 valence electrons. The van der Waals surface area contributed by atoms with Crippen LogP contribution >= 0.6 is 24.0 Å². The van der Waals surface area contributed by atoms with Crippen molar-refractivity contribution in [2.24, 2.45) is 4.99 Å². The molecule has 1 atom stereocenters. The Labute approximate surface area is 197 Å². The molecule has 1 aromatic rings. The SMILES string of the molecule is CCOc1cc2c(cc1CNC(=NC)NCCCCCCC(=O)OC)OC(C)C2.I. The molecule has 30 heavy (non-hydrogen) atoms. The largest absolute Gasteiger partial charge is 0.494 e. The van der Waals surface area contributed by atoms with E-state index in [0.29, 0.717) is 19.6 Å². The van der Waals surface area contributed by atoms with Crippen molar-refractivity contribution in [3.63, 3.8) is 0 Å². The number of hydrogen-bond acceptors (Lipinski definition) is 5. The predicted octanol–water partition coefficient (Wildman–Crippen LogP) is 3.82. The lowest BCUT2D eigenvalue weighted by Crippen LogP contribution is -2.37. The molecule has 0 radical (unpaired) electrons. The number of halogens is 1. The fourth-order valence-corrected chi connectivity index (χ4v) is 3.37. The maximum Gasteiger partial charge on any atom is 0.305 e. The monoisotopic (exact) mass is 533 g/mol. The van der Waals surface area contributed by atoms with Gasteiger partial charge in [-0.25, -0.2) is 0 Å². The standard InChI is InChI=1S/C22H35N3O4.HI/c1-5-28-19-13-17-12-16(2)29-20(17)14-18(19)15-25-22(23-3)24-11-9-7-6-8-10-21(26)27-4;/h13-14,16H,5-12,15H2,1-4H3,(H2,23,24,25);1H. The Kier molecular flexibility index (Phi) is 12.6. The zero-order valence-corrected chi connectivity index (χ0v) is 20.9. The minimum Gasteiger partial charge on any atom is -0.494 e. The number of esters is 1. The molecule has 1 heterocycles. The van der Waals surface area contributed by atoms with E-state index >= 15 is 0 Å². The van der Waals surface area contributed by atoms with Gasteiger partial charge in [-0.3, -0.25) is 9.79 Å². The van der Waals surface area contributed by atoms with Crippen LogP contribution in [-0.2, 0) is 22.5 Å². The Morgan fingerprint density at radius 3 is 2.70 bits per heavy atom. The zero-order chi connectivity index (χ0) is 21.1. The van der Waals surface area contributed by atoms with Gasteiger partial charge in [0.15, 0.2) is 5.96 Å². The highest BCUT2D eigenvalue weighted by molar-refractivity contribution is 14.0. The summed E-state index contributed by atoms with van der Waals surface area (Å²) in [5, 5.41) is 6.69. The summed E-state index contributed by atoms with van der Waals surface area (Å²) in [4.78, 5) is 15.4. The van der Waals surface area contributed by atoms with E-state index in [2.05, 4.69) is 39.4 Å². The molecule has 0 bridgehead atoms. The lowest BCUT2D eigenvalue weighted by molar-refractivity contribution is -0.140. The first-order valence-corrected chi connectivity index (χ1v) is 10.5.